The number of ether oxygens (including phenoxy) is 2. The third kappa shape index (κ3) is 5.91. The predicted octanol–water partition coefficient (Wildman–Crippen LogP) is 6.29. The Morgan fingerprint density at radius 1 is 1.16 bits per heavy atom. The van der Waals surface area contributed by atoms with Gasteiger partial charge in [-0.3, -0.25) is 0 Å². The van der Waals surface area contributed by atoms with E-state index in [0.29, 0.717) is 29.1 Å². The van der Waals surface area contributed by atoms with E-state index < -0.39 is 8.32 Å². The third-order valence-electron chi connectivity index (χ3n) is 8.93. The molecule has 37 heavy (non-hydrogen) atoms. The molecule has 1 N–H and O–H groups in total. The maximum atomic E-state index is 10.6. The molecule has 0 amide bonds. The molecular weight excluding hydrogens is 543 g/mol. The van der Waals surface area contributed by atoms with Crippen LogP contribution in [0.2, 0.25) is 16.6 Å². The zero-order valence-corrected chi connectivity index (χ0v) is 27.2. The van der Waals surface area contributed by atoms with Crippen molar-refractivity contribution in [1.29, 1.82) is 0 Å². The first-order valence-corrected chi connectivity index (χ1v) is 17.8. The van der Waals surface area contributed by atoms with Crippen molar-refractivity contribution in [3.05, 3.63) is 54.1 Å². The van der Waals surface area contributed by atoms with E-state index in [2.05, 4.69) is 98.4 Å². The topological polar surface area (TPSA) is 47.9 Å². The van der Waals surface area contributed by atoms with Gasteiger partial charge >= 0.3 is 234 Å². The van der Waals surface area contributed by atoms with Crippen LogP contribution < -0.4 is 4.46 Å². The van der Waals surface area contributed by atoms with Crippen molar-refractivity contribution >= 4 is 27.7 Å². The van der Waals surface area contributed by atoms with Crippen LogP contribution in [0.25, 0.3) is 0 Å². The van der Waals surface area contributed by atoms with Gasteiger partial charge in [-0.1, -0.05) is 0 Å². The van der Waals surface area contributed by atoms with Gasteiger partial charge in [-0.15, -0.1) is 0 Å². The summed E-state index contributed by atoms with van der Waals surface area (Å²) >= 11 is 0.0540. The normalized spacial score (nSPS) is 30.5. The number of fused-ring (bicyclic) bond motifs is 3. The van der Waals surface area contributed by atoms with Crippen molar-refractivity contribution in [2.45, 2.75) is 89.2 Å². The van der Waals surface area contributed by atoms with Gasteiger partial charge < -0.3 is 0 Å². The van der Waals surface area contributed by atoms with Crippen LogP contribution >= 0.6 is 0 Å². The number of methoxy groups -OCH3 is 1. The first-order chi connectivity index (χ1) is 17.4. The van der Waals surface area contributed by atoms with Gasteiger partial charge in [-0.05, 0) is 0 Å². The van der Waals surface area contributed by atoms with Gasteiger partial charge in [0.25, 0.3) is 0 Å². The Morgan fingerprint density at radius 3 is 2.24 bits per heavy atom. The average molecular weight is 594 g/mol. The molecule has 2 saturated heterocycles. The van der Waals surface area contributed by atoms with Crippen molar-refractivity contribution < 1.29 is 19.0 Å². The third-order valence-corrected chi connectivity index (χ3v) is 18.3. The molecule has 3 fully saturated rings. The number of rotatable bonds is 12. The molecule has 6 heteroatoms. The molecule has 1 saturated carbocycles. The standard InChI is InChI=1S/C31H50O4SeSi/c1-20(2)29-27-16-24(9)31(35-30(27)33-10,36-26-14-12-11-13-15-26)28(29)17-25(18-32)19-34-37(21(3)4,22(5)6)23(7)8/h11-15,17,21-24,27-30,32H,1,16,18-19H2,2-10H3/b25-17+. The quantitative estimate of drug-likeness (QED) is 0.229. The number of aliphatic hydroxyl groups excluding tert-OH is 1. The van der Waals surface area contributed by atoms with Crippen LogP contribution in [0.1, 0.15) is 61.8 Å². The Labute approximate surface area is 233 Å². The Balaban J connectivity index is 2.05. The van der Waals surface area contributed by atoms with Crippen molar-refractivity contribution in [2.24, 2.45) is 23.7 Å². The maximum absolute atomic E-state index is 10.6. The minimum absolute atomic E-state index is 0.000648. The molecule has 3 aliphatic rings. The van der Waals surface area contributed by atoms with E-state index in [1.54, 1.807) is 7.11 Å². The Kier molecular flexibility index (Phi) is 10.5. The van der Waals surface area contributed by atoms with Crippen LogP contribution in [0.4, 0.5) is 0 Å². The Hall–Kier alpha value is -0.724. The van der Waals surface area contributed by atoms with E-state index in [-0.39, 0.29) is 50.1 Å². The van der Waals surface area contributed by atoms with Crippen molar-refractivity contribution in [3.63, 3.8) is 0 Å². The molecule has 1 aromatic carbocycles. The number of benzene rings is 1. The van der Waals surface area contributed by atoms with Crippen LogP contribution in [0.5, 0.6) is 0 Å². The second-order valence-corrected chi connectivity index (χ2v) is 20.4. The van der Waals surface area contributed by atoms with Gasteiger partial charge in [0.2, 0.25) is 0 Å². The van der Waals surface area contributed by atoms with Crippen LogP contribution in [-0.2, 0) is 13.9 Å². The second-order valence-electron chi connectivity index (χ2n) is 12.1. The van der Waals surface area contributed by atoms with Crippen LogP contribution in [0.3, 0.4) is 0 Å². The first kappa shape index (κ1) is 30.8. The van der Waals surface area contributed by atoms with Crippen LogP contribution in [-0.4, -0.2) is 59.5 Å². The molecular formula is C31H50O4SeSi. The van der Waals surface area contributed by atoms with Gasteiger partial charge in [0, 0.05) is 0 Å². The fourth-order valence-electron chi connectivity index (χ4n) is 7.41. The van der Waals surface area contributed by atoms with Crippen LogP contribution in [0, 0.1) is 23.7 Å². The summed E-state index contributed by atoms with van der Waals surface area (Å²) in [4.78, 5) is 0. The molecule has 0 aromatic heterocycles. The number of hydrogen-bond donors (Lipinski definition) is 1. The van der Waals surface area contributed by atoms with E-state index in [1.807, 2.05) is 0 Å². The zero-order valence-electron chi connectivity index (χ0n) is 24.5. The summed E-state index contributed by atoms with van der Waals surface area (Å²) in [5.41, 5.74) is 3.64. The molecule has 4 nitrogen and oxygen atoms in total. The second kappa shape index (κ2) is 12.6. The van der Waals surface area contributed by atoms with Crippen LogP contribution in [0.15, 0.2) is 54.1 Å². The van der Waals surface area contributed by atoms with E-state index in [9.17, 15) is 5.11 Å². The van der Waals surface area contributed by atoms with E-state index in [4.69, 9.17) is 13.9 Å². The molecule has 6 unspecified atom stereocenters. The van der Waals surface area contributed by atoms with E-state index in [0.717, 1.165) is 12.0 Å². The molecule has 1 aliphatic carbocycles. The molecule has 208 valence electrons. The van der Waals surface area contributed by atoms with Gasteiger partial charge in [0.15, 0.2) is 0 Å². The molecule has 2 aliphatic heterocycles. The fourth-order valence-corrected chi connectivity index (χ4v) is 15.9. The number of aliphatic hydroxyl groups is 1. The van der Waals surface area contributed by atoms with Crippen molar-refractivity contribution in [3.8, 4) is 0 Å². The molecule has 1 aromatic rings. The molecule has 2 heterocycles. The molecule has 2 bridgehead atoms. The Morgan fingerprint density at radius 2 is 1.76 bits per heavy atom. The molecule has 6 atom stereocenters. The zero-order chi connectivity index (χ0) is 27.5. The summed E-state index contributed by atoms with van der Waals surface area (Å²) in [6.45, 7) is 23.3. The summed E-state index contributed by atoms with van der Waals surface area (Å²) in [6, 6.07) is 10.7. The van der Waals surface area contributed by atoms with Gasteiger partial charge in [0.1, 0.15) is 0 Å². The first-order valence-electron chi connectivity index (χ1n) is 14.0. The van der Waals surface area contributed by atoms with Gasteiger partial charge in [-0.2, -0.15) is 0 Å². The average Bonchev–Trinajstić information content (AvgIpc) is 2.84. The number of allylic oxidation sites excluding steroid dienone is 1. The van der Waals surface area contributed by atoms with Crippen molar-refractivity contribution in [1.82, 2.24) is 0 Å². The predicted molar refractivity (Wildman–Crippen MR) is 158 cm³/mol. The fraction of sp³-hybridized carbons (Fsp3) is 0.677. The molecule has 4 rings (SSSR count). The molecule has 0 spiro atoms. The Bertz CT molecular complexity index is 909. The molecule has 0 radical (unpaired) electrons. The summed E-state index contributed by atoms with van der Waals surface area (Å²) in [7, 11) is -0.290. The summed E-state index contributed by atoms with van der Waals surface area (Å²) in [6.07, 6.45) is 3.15. The van der Waals surface area contributed by atoms with Crippen molar-refractivity contribution in [2.75, 3.05) is 20.3 Å². The minimum atomic E-state index is -2.05. The summed E-state index contributed by atoms with van der Waals surface area (Å²) < 4.78 is 20.7. The summed E-state index contributed by atoms with van der Waals surface area (Å²) in [5, 5.41) is 10.6. The van der Waals surface area contributed by atoms with Gasteiger partial charge in [-0.25, -0.2) is 0 Å². The SMILES string of the molecule is C=C(C)C1C2CC(C)C([Se]c3ccccc3)(OC2OC)C1/C=C(\CO)CO[Si](C(C)C)(C(C)C)C(C)C. The monoisotopic (exact) mass is 594 g/mol. The van der Waals surface area contributed by atoms with E-state index >= 15 is 0 Å². The van der Waals surface area contributed by atoms with Gasteiger partial charge in [0.05, 0.1) is 0 Å². The summed E-state index contributed by atoms with van der Waals surface area (Å²) in [5.74, 6) is 0.981. The van der Waals surface area contributed by atoms with E-state index in [1.165, 1.54) is 10.0 Å². The number of hydrogen-bond acceptors (Lipinski definition) is 4.